The van der Waals surface area contributed by atoms with Gasteiger partial charge in [0.25, 0.3) is 5.91 Å². The van der Waals surface area contributed by atoms with Crippen molar-refractivity contribution in [2.45, 2.75) is 31.3 Å². The van der Waals surface area contributed by atoms with Crippen molar-refractivity contribution in [3.63, 3.8) is 0 Å². The molecular weight excluding hydrogens is 204 g/mol. The third-order valence-electron chi connectivity index (χ3n) is 1.88. The van der Waals surface area contributed by atoms with E-state index in [1.54, 1.807) is 0 Å². The lowest BCUT2D eigenvalue weighted by atomic mass is 10.0. The van der Waals surface area contributed by atoms with Crippen LogP contribution in [0.3, 0.4) is 0 Å². The SMILES string of the molecule is C[C@@H](O)[C@@H](O)[C@H](O)[C@@H](O)C(=O)NCCN. The average molecular weight is 222 g/mol. The van der Waals surface area contributed by atoms with Crippen LogP contribution in [0.15, 0.2) is 0 Å². The number of hydrogen-bond donors (Lipinski definition) is 6. The van der Waals surface area contributed by atoms with Crippen LogP contribution < -0.4 is 11.1 Å². The first-order valence-electron chi connectivity index (χ1n) is 4.61. The summed E-state index contributed by atoms with van der Waals surface area (Å²) in [5.41, 5.74) is 5.11. The molecule has 90 valence electrons. The van der Waals surface area contributed by atoms with E-state index >= 15 is 0 Å². The van der Waals surface area contributed by atoms with Crippen LogP contribution in [0.5, 0.6) is 0 Å². The van der Waals surface area contributed by atoms with Crippen LogP contribution >= 0.6 is 0 Å². The van der Waals surface area contributed by atoms with Crippen molar-refractivity contribution in [1.29, 1.82) is 0 Å². The minimum Gasteiger partial charge on any atom is -0.391 e. The molecule has 1 amide bonds. The first-order valence-corrected chi connectivity index (χ1v) is 4.61. The van der Waals surface area contributed by atoms with Crippen LogP contribution in [-0.4, -0.2) is 63.8 Å². The second-order valence-corrected chi connectivity index (χ2v) is 3.25. The summed E-state index contributed by atoms with van der Waals surface area (Å²) in [5.74, 6) is -0.840. The van der Waals surface area contributed by atoms with E-state index in [1.807, 2.05) is 0 Å². The molecule has 4 atom stereocenters. The number of nitrogens with two attached hydrogens (primary N) is 1. The molecule has 0 heterocycles. The van der Waals surface area contributed by atoms with Crippen molar-refractivity contribution in [2.75, 3.05) is 13.1 Å². The average Bonchev–Trinajstić information content (AvgIpc) is 2.22. The lowest BCUT2D eigenvalue weighted by molar-refractivity contribution is -0.145. The van der Waals surface area contributed by atoms with Crippen LogP contribution in [0.4, 0.5) is 0 Å². The van der Waals surface area contributed by atoms with Crippen molar-refractivity contribution < 1.29 is 25.2 Å². The molecule has 0 fully saturated rings. The number of nitrogens with one attached hydrogen (secondary N) is 1. The predicted molar refractivity (Wildman–Crippen MR) is 51.8 cm³/mol. The lowest BCUT2D eigenvalue weighted by Gasteiger charge is -2.23. The summed E-state index contributed by atoms with van der Waals surface area (Å²) in [6, 6.07) is 0. The summed E-state index contributed by atoms with van der Waals surface area (Å²) in [7, 11) is 0. The zero-order valence-corrected chi connectivity index (χ0v) is 8.50. The topological polar surface area (TPSA) is 136 Å². The van der Waals surface area contributed by atoms with Gasteiger partial charge in [0.15, 0.2) is 6.10 Å². The van der Waals surface area contributed by atoms with E-state index in [9.17, 15) is 20.1 Å². The minimum absolute atomic E-state index is 0.160. The van der Waals surface area contributed by atoms with Gasteiger partial charge in [0.05, 0.1) is 6.10 Å². The fourth-order valence-corrected chi connectivity index (χ4v) is 0.927. The maximum absolute atomic E-state index is 11.1. The second-order valence-electron chi connectivity index (χ2n) is 3.25. The molecule has 0 spiro atoms. The van der Waals surface area contributed by atoms with E-state index in [2.05, 4.69) is 5.32 Å². The molecule has 0 saturated heterocycles. The van der Waals surface area contributed by atoms with Gasteiger partial charge in [0.1, 0.15) is 12.2 Å². The summed E-state index contributed by atoms with van der Waals surface area (Å²) < 4.78 is 0. The van der Waals surface area contributed by atoms with Crippen LogP contribution in [0.2, 0.25) is 0 Å². The van der Waals surface area contributed by atoms with Gasteiger partial charge in [-0.1, -0.05) is 0 Å². The molecular formula is C8H18N2O5. The highest BCUT2D eigenvalue weighted by atomic mass is 16.4. The highest BCUT2D eigenvalue weighted by Gasteiger charge is 2.32. The second kappa shape index (κ2) is 6.70. The third kappa shape index (κ3) is 4.54. The van der Waals surface area contributed by atoms with Crippen molar-refractivity contribution in [2.24, 2.45) is 5.73 Å². The van der Waals surface area contributed by atoms with Gasteiger partial charge in [-0.25, -0.2) is 0 Å². The highest BCUT2D eigenvalue weighted by Crippen LogP contribution is 2.04. The molecule has 0 aliphatic carbocycles. The number of amides is 1. The van der Waals surface area contributed by atoms with Gasteiger partial charge in [0.2, 0.25) is 0 Å². The summed E-state index contributed by atoms with van der Waals surface area (Å²) in [6.45, 7) is 1.60. The number of carbonyl (C=O) groups excluding carboxylic acids is 1. The number of hydrogen-bond acceptors (Lipinski definition) is 6. The van der Waals surface area contributed by atoms with E-state index in [-0.39, 0.29) is 13.1 Å². The van der Waals surface area contributed by atoms with Gasteiger partial charge in [-0.05, 0) is 6.92 Å². The molecule has 0 aromatic carbocycles. The fourth-order valence-electron chi connectivity index (χ4n) is 0.927. The highest BCUT2D eigenvalue weighted by molar-refractivity contribution is 5.81. The van der Waals surface area contributed by atoms with Gasteiger partial charge < -0.3 is 31.5 Å². The molecule has 0 radical (unpaired) electrons. The molecule has 7 heteroatoms. The van der Waals surface area contributed by atoms with Gasteiger partial charge in [-0.15, -0.1) is 0 Å². The quantitative estimate of drug-likeness (QED) is 0.276. The van der Waals surface area contributed by atoms with E-state index in [4.69, 9.17) is 10.8 Å². The lowest BCUT2D eigenvalue weighted by Crippen LogP contribution is -2.50. The van der Waals surface area contributed by atoms with Gasteiger partial charge >= 0.3 is 0 Å². The molecule has 0 aromatic rings. The monoisotopic (exact) mass is 222 g/mol. The zero-order valence-electron chi connectivity index (χ0n) is 8.50. The Labute approximate surface area is 87.5 Å². The smallest absolute Gasteiger partial charge is 0.251 e. The van der Waals surface area contributed by atoms with Crippen molar-refractivity contribution in [1.82, 2.24) is 5.32 Å². The normalized spacial score (nSPS) is 19.1. The molecule has 0 bridgehead atoms. The van der Waals surface area contributed by atoms with Gasteiger partial charge in [0, 0.05) is 13.1 Å². The molecule has 0 aliphatic heterocycles. The molecule has 0 saturated carbocycles. The summed E-state index contributed by atoms with van der Waals surface area (Å²) in [6.07, 6.45) is -6.34. The molecule has 7 nitrogen and oxygen atoms in total. The Morgan fingerprint density at radius 1 is 1.27 bits per heavy atom. The predicted octanol–water partition coefficient (Wildman–Crippen LogP) is -3.48. The maximum Gasteiger partial charge on any atom is 0.251 e. The number of rotatable bonds is 6. The molecule has 0 aliphatic rings. The zero-order chi connectivity index (χ0) is 12.0. The van der Waals surface area contributed by atoms with Crippen molar-refractivity contribution in [3.05, 3.63) is 0 Å². The van der Waals surface area contributed by atoms with Gasteiger partial charge in [-0.3, -0.25) is 4.79 Å². The summed E-state index contributed by atoms with van der Waals surface area (Å²) in [5, 5.41) is 38.9. The Hall–Kier alpha value is -0.730. The first-order chi connectivity index (χ1) is 6.91. The summed E-state index contributed by atoms with van der Waals surface area (Å²) >= 11 is 0. The van der Waals surface area contributed by atoms with Crippen LogP contribution in [0.1, 0.15) is 6.92 Å². The molecule has 15 heavy (non-hydrogen) atoms. The van der Waals surface area contributed by atoms with Crippen LogP contribution in [0.25, 0.3) is 0 Å². The summed E-state index contributed by atoms with van der Waals surface area (Å²) in [4.78, 5) is 11.1. The van der Waals surface area contributed by atoms with Crippen LogP contribution in [0, 0.1) is 0 Å². The number of aliphatic hydroxyl groups is 4. The van der Waals surface area contributed by atoms with Gasteiger partial charge in [-0.2, -0.15) is 0 Å². The van der Waals surface area contributed by atoms with Crippen LogP contribution in [-0.2, 0) is 4.79 Å². The largest absolute Gasteiger partial charge is 0.391 e. The Balaban J connectivity index is 4.18. The van der Waals surface area contributed by atoms with Crippen molar-refractivity contribution in [3.8, 4) is 0 Å². The Morgan fingerprint density at radius 3 is 2.20 bits per heavy atom. The fraction of sp³-hybridized carbons (Fsp3) is 0.875. The van der Waals surface area contributed by atoms with E-state index < -0.39 is 30.3 Å². The van der Waals surface area contributed by atoms with Crippen molar-refractivity contribution >= 4 is 5.91 Å². The molecule has 0 aromatic heterocycles. The Morgan fingerprint density at radius 2 is 1.80 bits per heavy atom. The van der Waals surface area contributed by atoms with E-state index in [0.29, 0.717) is 0 Å². The maximum atomic E-state index is 11.1. The number of aliphatic hydroxyl groups excluding tert-OH is 4. The molecule has 0 rings (SSSR count). The minimum atomic E-state index is -1.79. The number of carbonyl (C=O) groups is 1. The molecule has 7 N–H and O–H groups in total. The Bertz CT molecular complexity index is 199. The Kier molecular flexibility index (Phi) is 6.37. The van der Waals surface area contributed by atoms with E-state index in [1.165, 1.54) is 6.92 Å². The third-order valence-corrected chi connectivity index (χ3v) is 1.88. The molecule has 0 unspecified atom stereocenters. The first kappa shape index (κ1) is 14.3. The van der Waals surface area contributed by atoms with E-state index in [0.717, 1.165) is 0 Å². The standard InChI is InChI=1S/C8H18N2O5/c1-4(11)5(12)6(13)7(14)8(15)10-3-2-9/h4-7,11-14H,2-3,9H2,1H3,(H,10,15)/t4-,5-,6+,7-/m1/s1.